The van der Waals surface area contributed by atoms with E-state index in [-0.39, 0.29) is 5.56 Å². The number of benzene rings is 1. The van der Waals surface area contributed by atoms with Gasteiger partial charge in [0.05, 0.1) is 16.8 Å². The first-order valence-electron chi connectivity index (χ1n) is 9.59. The molecule has 29 heavy (non-hydrogen) atoms. The number of hydrogen-bond acceptors (Lipinski definition) is 7. The smallest absolute Gasteiger partial charge is 0.267 e. The van der Waals surface area contributed by atoms with E-state index in [0.717, 1.165) is 48.2 Å². The van der Waals surface area contributed by atoms with Gasteiger partial charge in [-0.25, -0.2) is 9.67 Å². The van der Waals surface area contributed by atoms with Crippen LogP contribution in [0, 0.1) is 0 Å². The summed E-state index contributed by atoms with van der Waals surface area (Å²) in [5, 5.41) is 5.67. The zero-order chi connectivity index (χ0) is 19.6. The summed E-state index contributed by atoms with van der Waals surface area (Å²) in [6.45, 7) is 3.89. The molecular formula is C21H20N6OS. The maximum atomic E-state index is 12.2. The summed E-state index contributed by atoms with van der Waals surface area (Å²) < 4.78 is 2.74. The van der Waals surface area contributed by atoms with Crippen molar-refractivity contribution in [3.05, 3.63) is 76.8 Å². The molecule has 5 rings (SSSR count). The van der Waals surface area contributed by atoms with E-state index in [0.29, 0.717) is 6.54 Å². The molecule has 1 aliphatic rings. The second-order valence-electron chi connectivity index (χ2n) is 6.98. The van der Waals surface area contributed by atoms with Gasteiger partial charge >= 0.3 is 0 Å². The maximum Gasteiger partial charge on any atom is 0.267 e. The molecule has 0 N–H and O–H groups in total. The standard InChI is InChI=1S/C21H20N6OS/c28-20-6-5-19(24-27(20)15-16-7-9-22-10-8-16)25-11-13-26(14-12-25)21-23-17-3-1-2-4-18(17)29-21/h1-10H,11-15H2. The van der Waals surface area contributed by atoms with Gasteiger partial charge in [-0.1, -0.05) is 23.5 Å². The summed E-state index contributed by atoms with van der Waals surface area (Å²) in [5.74, 6) is 0.836. The number of para-hydroxylation sites is 1. The largest absolute Gasteiger partial charge is 0.352 e. The molecule has 3 aromatic heterocycles. The van der Waals surface area contributed by atoms with Crippen LogP contribution < -0.4 is 15.4 Å². The van der Waals surface area contributed by atoms with Gasteiger partial charge in [0.2, 0.25) is 0 Å². The molecule has 0 spiro atoms. The molecule has 146 valence electrons. The first-order valence-corrected chi connectivity index (χ1v) is 10.4. The third kappa shape index (κ3) is 3.71. The number of thiazole rings is 1. The van der Waals surface area contributed by atoms with E-state index in [2.05, 4.69) is 38.1 Å². The van der Waals surface area contributed by atoms with Crippen molar-refractivity contribution in [3.8, 4) is 0 Å². The number of pyridine rings is 1. The highest BCUT2D eigenvalue weighted by Gasteiger charge is 2.21. The SMILES string of the molecule is O=c1ccc(N2CCN(c3nc4ccccc4s3)CC2)nn1Cc1ccncc1. The molecule has 0 atom stereocenters. The van der Waals surface area contributed by atoms with Gasteiger partial charge in [0.15, 0.2) is 5.13 Å². The summed E-state index contributed by atoms with van der Waals surface area (Å²) in [4.78, 5) is 25.6. The fourth-order valence-corrected chi connectivity index (χ4v) is 4.52. The quantitative estimate of drug-likeness (QED) is 0.521. The molecule has 0 saturated carbocycles. The monoisotopic (exact) mass is 404 g/mol. The molecule has 8 heteroatoms. The summed E-state index contributed by atoms with van der Waals surface area (Å²) in [5.41, 5.74) is 1.96. The number of piperazine rings is 1. The minimum Gasteiger partial charge on any atom is -0.352 e. The first-order chi connectivity index (χ1) is 14.3. The van der Waals surface area contributed by atoms with E-state index >= 15 is 0 Å². The van der Waals surface area contributed by atoms with Gasteiger partial charge in [-0.15, -0.1) is 0 Å². The van der Waals surface area contributed by atoms with E-state index in [1.165, 1.54) is 9.38 Å². The summed E-state index contributed by atoms with van der Waals surface area (Å²) in [7, 11) is 0. The highest BCUT2D eigenvalue weighted by atomic mass is 32.1. The molecule has 1 fully saturated rings. The molecular weight excluding hydrogens is 384 g/mol. The van der Waals surface area contributed by atoms with E-state index < -0.39 is 0 Å². The van der Waals surface area contributed by atoms with E-state index in [4.69, 9.17) is 4.98 Å². The zero-order valence-corrected chi connectivity index (χ0v) is 16.6. The Kier molecular flexibility index (Phi) is 4.69. The number of hydrogen-bond donors (Lipinski definition) is 0. The summed E-state index contributed by atoms with van der Waals surface area (Å²) >= 11 is 1.74. The average molecular weight is 404 g/mol. The molecule has 4 heterocycles. The third-order valence-corrected chi connectivity index (χ3v) is 6.19. The Morgan fingerprint density at radius 1 is 0.897 bits per heavy atom. The summed E-state index contributed by atoms with van der Waals surface area (Å²) in [6, 6.07) is 15.5. The van der Waals surface area contributed by atoms with Crippen molar-refractivity contribution in [1.29, 1.82) is 0 Å². The predicted molar refractivity (Wildman–Crippen MR) is 116 cm³/mol. The number of anilines is 2. The Morgan fingerprint density at radius 3 is 2.45 bits per heavy atom. The lowest BCUT2D eigenvalue weighted by molar-refractivity contribution is 0.601. The van der Waals surface area contributed by atoms with Crippen molar-refractivity contribution in [2.75, 3.05) is 36.0 Å². The Labute approximate surface area is 171 Å². The van der Waals surface area contributed by atoms with Crippen LogP contribution in [-0.2, 0) is 6.54 Å². The van der Waals surface area contributed by atoms with Crippen molar-refractivity contribution in [3.63, 3.8) is 0 Å². The van der Waals surface area contributed by atoms with Gasteiger partial charge in [0, 0.05) is 44.6 Å². The van der Waals surface area contributed by atoms with Crippen LogP contribution in [0.2, 0.25) is 0 Å². The second-order valence-corrected chi connectivity index (χ2v) is 7.99. The van der Waals surface area contributed by atoms with Gasteiger partial charge in [-0.3, -0.25) is 9.78 Å². The average Bonchev–Trinajstić information content (AvgIpc) is 3.21. The van der Waals surface area contributed by atoms with Crippen LogP contribution in [0.15, 0.2) is 65.7 Å². The van der Waals surface area contributed by atoms with Gasteiger partial charge in [0.1, 0.15) is 5.82 Å². The maximum absolute atomic E-state index is 12.2. The van der Waals surface area contributed by atoms with Crippen molar-refractivity contribution in [1.82, 2.24) is 19.7 Å². The molecule has 7 nitrogen and oxygen atoms in total. The van der Waals surface area contributed by atoms with Crippen molar-refractivity contribution >= 4 is 32.5 Å². The molecule has 1 aromatic carbocycles. The predicted octanol–water partition coefficient (Wildman–Crippen LogP) is 2.62. The Hall–Kier alpha value is -3.26. The molecule has 0 aliphatic carbocycles. The molecule has 0 amide bonds. The Morgan fingerprint density at radius 2 is 1.66 bits per heavy atom. The normalized spacial score (nSPS) is 14.5. The molecule has 0 radical (unpaired) electrons. The highest BCUT2D eigenvalue weighted by Crippen LogP contribution is 2.29. The lowest BCUT2D eigenvalue weighted by Crippen LogP contribution is -2.47. The molecule has 4 aromatic rings. The van der Waals surface area contributed by atoms with Crippen LogP contribution >= 0.6 is 11.3 Å². The number of fused-ring (bicyclic) bond motifs is 1. The molecule has 0 unspecified atom stereocenters. The fraction of sp³-hybridized carbons (Fsp3) is 0.238. The summed E-state index contributed by atoms with van der Waals surface area (Å²) in [6.07, 6.45) is 3.46. The van der Waals surface area contributed by atoms with Crippen LogP contribution in [0.3, 0.4) is 0 Å². The van der Waals surface area contributed by atoms with Crippen LogP contribution in [0.5, 0.6) is 0 Å². The lowest BCUT2D eigenvalue weighted by atomic mass is 10.3. The Bertz CT molecular complexity index is 1150. The van der Waals surface area contributed by atoms with Crippen LogP contribution in [-0.4, -0.2) is 45.9 Å². The lowest BCUT2D eigenvalue weighted by Gasteiger charge is -2.35. The highest BCUT2D eigenvalue weighted by molar-refractivity contribution is 7.22. The Balaban J connectivity index is 1.30. The van der Waals surface area contributed by atoms with Crippen molar-refractivity contribution in [2.24, 2.45) is 0 Å². The zero-order valence-electron chi connectivity index (χ0n) is 15.8. The molecule has 0 bridgehead atoms. The van der Waals surface area contributed by atoms with Crippen LogP contribution in [0.1, 0.15) is 5.56 Å². The first kappa shape index (κ1) is 17.8. The number of nitrogens with zero attached hydrogens (tertiary/aromatic N) is 6. The van der Waals surface area contributed by atoms with Gasteiger partial charge in [-0.2, -0.15) is 5.10 Å². The molecule has 1 saturated heterocycles. The number of aromatic nitrogens is 4. The van der Waals surface area contributed by atoms with Crippen molar-refractivity contribution < 1.29 is 0 Å². The van der Waals surface area contributed by atoms with Crippen LogP contribution in [0.4, 0.5) is 10.9 Å². The van der Waals surface area contributed by atoms with E-state index in [1.807, 2.05) is 24.3 Å². The van der Waals surface area contributed by atoms with Crippen molar-refractivity contribution in [2.45, 2.75) is 6.54 Å². The number of rotatable bonds is 4. The van der Waals surface area contributed by atoms with Gasteiger partial charge < -0.3 is 9.80 Å². The topological polar surface area (TPSA) is 67.2 Å². The van der Waals surface area contributed by atoms with Gasteiger partial charge in [0.25, 0.3) is 5.56 Å². The van der Waals surface area contributed by atoms with E-state index in [9.17, 15) is 4.79 Å². The second kappa shape index (κ2) is 7.63. The minimum atomic E-state index is -0.0985. The van der Waals surface area contributed by atoms with Crippen LogP contribution in [0.25, 0.3) is 10.2 Å². The fourth-order valence-electron chi connectivity index (χ4n) is 3.50. The third-order valence-electron chi connectivity index (χ3n) is 5.09. The van der Waals surface area contributed by atoms with Gasteiger partial charge in [-0.05, 0) is 35.9 Å². The molecule has 1 aliphatic heterocycles. The minimum absolute atomic E-state index is 0.0985. The van der Waals surface area contributed by atoms with E-state index in [1.54, 1.807) is 29.8 Å².